The molecule has 0 N–H and O–H groups in total. The normalized spacial score (nSPS) is 27.0. The van der Waals surface area contributed by atoms with Crippen molar-refractivity contribution < 1.29 is 102 Å². The molecule has 0 bridgehead atoms. The number of carbonyl (C=O) groups is 1. The third-order valence-corrected chi connectivity index (χ3v) is 4.99. The van der Waals surface area contributed by atoms with Crippen LogP contribution in [0, 0.1) is 0 Å². The lowest BCUT2D eigenvalue weighted by molar-refractivity contribution is -0.522. The van der Waals surface area contributed by atoms with Crippen molar-refractivity contribution in [1.29, 1.82) is 0 Å². The summed E-state index contributed by atoms with van der Waals surface area (Å²) >= 11 is 0. The van der Waals surface area contributed by atoms with Crippen LogP contribution in [-0.4, -0.2) is 71.0 Å². The quantitative estimate of drug-likeness (QED) is 0.187. The van der Waals surface area contributed by atoms with Gasteiger partial charge in [-0.2, -0.15) is 87.8 Å². The molecule has 0 aromatic heterocycles. The lowest BCUT2D eigenvalue weighted by atomic mass is 9.69. The van der Waals surface area contributed by atoms with E-state index in [0.29, 0.717) is 0 Å². The molecule has 0 atom stereocenters. The van der Waals surface area contributed by atoms with E-state index in [1.807, 2.05) is 0 Å². The van der Waals surface area contributed by atoms with Crippen LogP contribution in [0.4, 0.5) is 92.2 Å². The summed E-state index contributed by atoms with van der Waals surface area (Å²) in [5.74, 6) is -85.3. The van der Waals surface area contributed by atoms with Gasteiger partial charge in [-0.05, 0) is 6.92 Å². The molecule has 0 saturated heterocycles. The number of rotatable bonds is 5. The van der Waals surface area contributed by atoms with Crippen LogP contribution in [0.5, 0.6) is 0 Å². The molecule has 38 heavy (non-hydrogen) atoms. The molecule has 224 valence electrons. The number of alkyl halides is 21. The first kappa shape index (κ1) is 33.8. The highest BCUT2D eigenvalue weighted by atomic mass is 19.4. The van der Waals surface area contributed by atoms with Gasteiger partial charge in [0, 0.05) is 5.57 Å². The Morgan fingerprint density at radius 2 is 0.789 bits per heavy atom. The Morgan fingerprint density at radius 1 is 0.553 bits per heavy atom. The average Bonchev–Trinajstić information content (AvgIpc) is 2.70. The lowest BCUT2D eigenvalue weighted by Gasteiger charge is -2.54. The minimum absolute atomic E-state index is 0.216. The Labute approximate surface area is 193 Å². The van der Waals surface area contributed by atoms with Crippen molar-refractivity contribution in [1.82, 2.24) is 0 Å². The molecule has 0 aromatic rings. The Balaban J connectivity index is 4.38. The van der Waals surface area contributed by atoms with E-state index in [2.05, 4.69) is 11.3 Å². The first-order valence-corrected chi connectivity index (χ1v) is 8.43. The average molecular weight is 616 g/mol. The number of hydrogen-bond acceptors (Lipinski definition) is 2. The van der Waals surface area contributed by atoms with Gasteiger partial charge in [-0.1, -0.05) is 6.58 Å². The highest BCUT2D eigenvalue weighted by Gasteiger charge is 3.07. The fourth-order valence-corrected chi connectivity index (χ4v) is 2.68. The smallest absolute Gasteiger partial charge is 0.393 e. The fraction of sp³-hybridized carbons (Fsp3) is 0.800. The predicted molar refractivity (Wildman–Crippen MR) is 74.2 cm³/mol. The molecular formula is C15H5F21O2. The number of esters is 1. The number of halogens is 21. The van der Waals surface area contributed by atoms with Crippen LogP contribution in [-0.2, 0) is 9.53 Å². The SMILES string of the molecule is C=C(C)C(=O)OC(F)(F)C(F)(F)C(F)(F)C1(F)C(F)(F)C(F)(F)C(F)(F)C(F)(F)C(F)(F)C(F)(F)C1(F)F. The second kappa shape index (κ2) is 7.90. The molecule has 1 fully saturated rings. The van der Waals surface area contributed by atoms with Crippen molar-refractivity contribution in [2.75, 3.05) is 0 Å². The molecule has 0 amide bonds. The zero-order valence-corrected chi connectivity index (χ0v) is 17.0. The predicted octanol–water partition coefficient (Wildman–Crippen LogP) is 7.14. The van der Waals surface area contributed by atoms with E-state index in [0.717, 1.165) is 0 Å². The van der Waals surface area contributed by atoms with Crippen molar-refractivity contribution in [3.8, 4) is 0 Å². The zero-order valence-electron chi connectivity index (χ0n) is 17.0. The molecule has 0 radical (unpaired) electrons. The maximum atomic E-state index is 14.7. The molecule has 0 unspecified atom stereocenters. The van der Waals surface area contributed by atoms with E-state index in [1.54, 1.807) is 0 Å². The standard InChI is InChI=1S/C15H5F21O2/c1-3(2)4(37)38-15(35,36)14(33,34)8(21,22)5(16)6(17,18)9(23,24)11(27,28)13(31,32)12(29,30)10(25,26)7(5,19)20/h1H2,2H3. The first-order chi connectivity index (χ1) is 16.1. The van der Waals surface area contributed by atoms with Crippen molar-refractivity contribution in [3.05, 3.63) is 12.2 Å². The van der Waals surface area contributed by atoms with E-state index in [4.69, 9.17) is 0 Å². The molecule has 1 saturated carbocycles. The Bertz CT molecular complexity index is 951. The Morgan fingerprint density at radius 3 is 1.03 bits per heavy atom. The summed E-state index contributed by atoms with van der Waals surface area (Å²) in [6.07, 6.45) is -7.72. The van der Waals surface area contributed by atoms with Crippen molar-refractivity contribution in [3.63, 3.8) is 0 Å². The fourth-order valence-electron chi connectivity index (χ4n) is 2.68. The summed E-state index contributed by atoms with van der Waals surface area (Å²) in [7, 11) is 0. The van der Waals surface area contributed by atoms with Gasteiger partial charge < -0.3 is 4.74 Å². The van der Waals surface area contributed by atoms with Gasteiger partial charge in [-0.3, -0.25) is 0 Å². The summed E-state index contributed by atoms with van der Waals surface area (Å²) in [5.41, 5.74) is -11.3. The van der Waals surface area contributed by atoms with Crippen LogP contribution in [0.1, 0.15) is 6.92 Å². The van der Waals surface area contributed by atoms with E-state index >= 15 is 0 Å². The molecule has 1 rings (SSSR count). The summed E-state index contributed by atoms with van der Waals surface area (Å²) < 4.78 is 291. The van der Waals surface area contributed by atoms with Gasteiger partial charge in [0.1, 0.15) is 0 Å². The van der Waals surface area contributed by atoms with Crippen LogP contribution in [0.3, 0.4) is 0 Å². The van der Waals surface area contributed by atoms with Gasteiger partial charge in [0.05, 0.1) is 0 Å². The largest absolute Gasteiger partial charge is 0.473 e. The second-order valence-electron chi connectivity index (χ2n) is 7.51. The number of hydrogen-bond donors (Lipinski definition) is 0. The van der Waals surface area contributed by atoms with Crippen molar-refractivity contribution in [2.45, 2.75) is 72.0 Å². The molecule has 0 heterocycles. The van der Waals surface area contributed by atoms with Gasteiger partial charge in [0.15, 0.2) is 0 Å². The molecule has 0 aromatic carbocycles. The van der Waals surface area contributed by atoms with E-state index in [9.17, 15) is 97.0 Å². The Hall–Kier alpha value is -2.26. The third kappa shape index (κ3) is 3.23. The second-order valence-corrected chi connectivity index (χ2v) is 7.51. The number of ether oxygens (including phenoxy) is 1. The van der Waals surface area contributed by atoms with E-state index in [-0.39, 0.29) is 6.92 Å². The van der Waals surface area contributed by atoms with Crippen molar-refractivity contribution >= 4 is 5.97 Å². The minimum Gasteiger partial charge on any atom is -0.393 e. The summed E-state index contributed by atoms with van der Waals surface area (Å²) in [4.78, 5) is 10.9. The monoisotopic (exact) mass is 616 g/mol. The molecular weight excluding hydrogens is 611 g/mol. The maximum Gasteiger partial charge on any atom is 0.473 e. The van der Waals surface area contributed by atoms with Crippen LogP contribution in [0.15, 0.2) is 12.2 Å². The molecule has 0 spiro atoms. The maximum absolute atomic E-state index is 14.7. The van der Waals surface area contributed by atoms with Crippen LogP contribution >= 0.6 is 0 Å². The molecule has 2 nitrogen and oxygen atoms in total. The first-order valence-electron chi connectivity index (χ1n) is 8.43. The molecule has 1 aliphatic rings. The van der Waals surface area contributed by atoms with Gasteiger partial charge in [0.2, 0.25) is 0 Å². The number of carbonyl (C=O) groups excluding carboxylic acids is 1. The summed E-state index contributed by atoms with van der Waals surface area (Å²) in [6.45, 7) is 2.57. The van der Waals surface area contributed by atoms with Crippen LogP contribution < -0.4 is 0 Å². The minimum atomic E-state index is -9.73. The summed E-state index contributed by atoms with van der Waals surface area (Å²) in [6, 6.07) is 0. The zero-order chi connectivity index (χ0) is 31.4. The van der Waals surface area contributed by atoms with Crippen LogP contribution in [0.2, 0.25) is 0 Å². The Kier molecular flexibility index (Phi) is 7.02. The highest BCUT2D eigenvalue weighted by molar-refractivity contribution is 5.87. The van der Waals surface area contributed by atoms with Crippen molar-refractivity contribution in [2.24, 2.45) is 0 Å². The third-order valence-electron chi connectivity index (χ3n) is 4.99. The molecule has 23 heteroatoms. The molecule has 0 aliphatic heterocycles. The van der Waals surface area contributed by atoms with Gasteiger partial charge in [-0.25, -0.2) is 9.18 Å². The summed E-state index contributed by atoms with van der Waals surface area (Å²) in [5, 5.41) is 0. The lowest BCUT2D eigenvalue weighted by Crippen LogP contribution is -2.88. The highest BCUT2D eigenvalue weighted by Crippen LogP contribution is 2.74. The molecule has 1 aliphatic carbocycles. The van der Waals surface area contributed by atoms with Gasteiger partial charge in [-0.15, -0.1) is 0 Å². The van der Waals surface area contributed by atoms with Gasteiger partial charge in [0.25, 0.3) is 0 Å². The van der Waals surface area contributed by atoms with E-state index in [1.165, 1.54) is 0 Å². The topological polar surface area (TPSA) is 26.3 Å². The van der Waals surface area contributed by atoms with Crippen LogP contribution in [0.25, 0.3) is 0 Å². The van der Waals surface area contributed by atoms with Gasteiger partial charge >= 0.3 is 71.0 Å². The van der Waals surface area contributed by atoms with E-state index < -0.39 is 76.6 Å².